The monoisotopic (exact) mass is 439 g/mol. The largest absolute Gasteiger partial charge is 0.480 e. The molecule has 0 spiro atoms. The molecular formula is C21H37N5O5. The lowest BCUT2D eigenvalue weighted by Gasteiger charge is -2.36. The fourth-order valence-corrected chi connectivity index (χ4v) is 4.00. The molecule has 0 bridgehead atoms. The van der Waals surface area contributed by atoms with E-state index in [0.29, 0.717) is 31.7 Å². The first kappa shape index (κ1) is 25.2. The fourth-order valence-electron chi connectivity index (χ4n) is 4.00. The van der Waals surface area contributed by atoms with Crippen molar-refractivity contribution in [2.75, 3.05) is 26.2 Å². The van der Waals surface area contributed by atoms with Gasteiger partial charge in [0.25, 0.3) is 5.91 Å². The van der Waals surface area contributed by atoms with Gasteiger partial charge in [0.2, 0.25) is 11.8 Å². The van der Waals surface area contributed by atoms with Crippen LogP contribution in [-0.4, -0.2) is 76.5 Å². The van der Waals surface area contributed by atoms with Crippen LogP contribution in [0.1, 0.15) is 59.3 Å². The third-order valence-electron chi connectivity index (χ3n) is 6.02. The quantitative estimate of drug-likeness (QED) is 0.389. The SMILES string of the molecule is C[C@H](NN(C(=O)[C@@H]1CCCN(C(=O)CCC2CCNCC2)C1)C(=O)C(C)(C)N)C(=O)O. The summed E-state index contributed by atoms with van der Waals surface area (Å²) in [6, 6.07) is -1.15. The van der Waals surface area contributed by atoms with E-state index in [0.717, 1.165) is 37.4 Å². The summed E-state index contributed by atoms with van der Waals surface area (Å²) >= 11 is 0. The third kappa shape index (κ3) is 7.26. The van der Waals surface area contributed by atoms with Crippen molar-refractivity contribution in [1.82, 2.24) is 20.7 Å². The molecular weight excluding hydrogens is 402 g/mol. The van der Waals surface area contributed by atoms with Crippen LogP contribution in [-0.2, 0) is 19.2 Å². The molecule has 31 heavy (non-hydrogen) atoms. The standard InChI is InChI=1S/C21H37N5O5/c1-14(19(29)30)24-26(20(31)21(2,3)22)18(28)16-5-4-12-25(13-16)17(27)7-6-15-8-10-23-11-9-15/h14-16,23-24H,4-13,22H2,1-3H3,(H,29,30)/t14-,16+/m0/s1. The highest BCUT2D eigenvalue weighted by atomic mass is 16.4. The van der Waals surface area contributed by atoms with Crippen LogP contribution >= 0.6 is 0 Å². The van der Waals surface area contributed by atoms with E-state index in [2.05, 4.69) is 10.7 Å². The Labute approximate surface area is 183 Å². The van der Waals surface area contributed by atoms with E-state index in [-0.39, 0.29) is 12.5 Å². The number of rotatable bonds is 8. The number of nitrogens with one attached hydrogen (secondary N) is 2. The van der Waals surface area contributed by atoms with Crippen molar-refractivity contribution in [1.29, 1.82) is 0 Å². The molecule has 2 aliphatic heterocycles. The third-order valence-corrected chi connectivity index (χ3v) is 6.02. The highest BCUT2D eigenvalue weighted by Gasteiger charge is 2.39. The highest BCUT2D eigenvalue weighted by Crippen LogP contribution is 2.23. The number of likely N-dealkylation sites (tertiary alicyclic amines) is 1. The van der Waals surface area contributed by atoms with Crippen LogP contribution in [0.5, 0.6) is 0 Å². The zero-order valence-electron chi connectivity index (χ0n) is 18.9. The van der Waals surface area contributed by atoms with Gasteiger partial charge in [-0.05, 0) is 71.9 Å². The van der Waals surface area contributed by atoms with Crippen LogP contribution in [0.2, 0.25) is 0 Å². The second-order valence-corrected chi connectivity index (χ2v) is 9.30. The number of piperidine rings is 2. The lowest BCUT2D eigenvalue weighted by Crippen LogP contribution is -2.62. The fraction of sp³-hybridized carbons (Fsp3) is 0.810. The maximum absolute atomic E-state index is 13.2. The topological polar surface area (TPSA) is 145 Å². The average molecular weight is 440 g/mol. The number of amides is 3. The van der Waals surface area contributed by atoms with Gasteiger partial charge in [-0.2, -0.15) is 0 Å². The van der Waals surface area contributed by atoms with Gasteiger partial charge in [-0.3, -0.25) is 19.2 Å². The van der Waals surface area contributed by atoms with Gasteiger partial charge in [-0.15, -0.1) is 0 Å². The molecule has 2 fully saturated rings. The second kappa shape index (κ2) is 11.0. The molecule has 0 aromatic carbocycles. The Hall–Kier alpha value is -2.04. The number of carboxylic acid groups (broad SMARTS) is 1. The number of nitrogens with two attached hydrogens (primary N) is 1. The van der Waals surface area contributed by atoms with Gasteiger partial charge < -0.3 is 21.1 Å². The maximum atomic E-state index is 13.2. The van der Waals surface area contributed by atoms with Crippen molar-refractivity contribution in [2.24, 2.45) is 17.6 Å². The van der Waals surface area contributed by atoms with E-state index in [1.807, 2.05) is 0 Å². The van der Waals surface area contributed by atoms with E-state index < -0.39 is 35.3 Å². The van der Waals surface area contributed by atoms with E-state index >= 15 is 0 Å². The smallest absolute Gasteiger partial charge is 0.322 e. The molecule has 5 N–H and O–H groups in total. The summed E-state index contributed by atoms with van der Waals surface area (Å²) in [4.78, 5) is 51.6. The van der Waals surface area contributed by atoms with Gasteiger partial charge in [-0.1, -0.05) is 0 Å². The normalized spacial score (nSPS) is 21.4. The number of carbonyl (C=O) groups is 4. The molecule has 0 radical (unpaired) electrons. The number of hydrogen-bond acceptors (Lipinski definition) is 7. The molecule has 2 aliphatic rings. The van der Waals surface area contributed by atoms with E-state index in [4.69, 9.17) is 5.73 Å². The van der Waals surface area contributed by atoms with Gasteiger partial charge in [0.05, 0.1) is 11.5 Å². The molecule has 2 atom stereocenters. The molecule has 0 aromatic rings. The highest BCUT2D eigenvalue weighted by molar-refractivity contribution is 6.00. The number of aliphatic carboxylic acids is 1. The average Bonchev–Trinajstić information content (AvgIpc) is 2.74. The van der Waals surface area contributed by atoms with Crippen LogP contribution in [0.4, 0.5) is 0 Å². The molecule has 0 aliphatic carbocycles. The number of hydrazine groups is 1. The lowest BCUT2D eigenvalue weighted by atomic mass is 9.92. The number of hydrogen-bond donors (Lipinski definition) is 4. The molecule has 0 saturated carbocycles. The minimum Gasteiger partial charge on any atom is -0.480 e. The molecule has 0 aromatic heterocycles. The zero-order chi connectivity index (χ0) is 23.2. The first-order valence-corrected chi connectivity index (χ1v) is 11.2. The first-order chi connectivity index (χ1) is 14.5. The molecule has 176 valence electrons. The lowest BCUT2D eigenvalue weighted by molar-refractivity contribution is -0.158. The first-order valence-electron chi connectivity index (χ1n) is 11.2. The summed E-state index contributed by atoms with van der Waals surface area (Å²) < 4.78 is 0. The van der Waals surface area contributed by atoms with E-state index in [1.54, 1.807) is 4.90 Å². The van der Waals surface area contributed by atoms with Crippen LogP contribution in [0.3, 0.4) is 0 Å². The van der Waals surface area contributed by atoms with Gasteiger partial charge >= 0.3 is 5.97 Å². The van der Waals surface area contributed by atoms with Gasteiger partial charge in [0, 0.05) is 19.5 Å². The number of imide groups is 1. The van der Waals surface area contributed by atoms with Crippen molar-refractivity contribution < 1.29 is 24.3 Å². The summed E-state index contributed by atoms with van der Waals surface area (Å²) in [5.74, 6) is -2.46. The van der Waals surface area contributed by atoms with Crippen molar-refractivity contribution in [3.8, 4) is 0 Å². The second-order valence-electron chi connectivity index (χ2n) is 9.30. The van der Waals surface area contributed by atoms with Gasteiger partial charge in [-0.25, -0.2) is 10.4 Å². The minimum absolute atomic E-state index is 0.0277. The molecule has 2 saturated heterocycles. The number of nitrogens with zero attached hydrogens (tertiary/aromatic N) is 2. The Kier molecular flexibility index (Phi) is 8.96. The Morgan fingerprint density at radius 3 is 2.45 bits per heavy atom. The molecule has 10 heteroatoms. The Balaban J connectivity index is 2.02. The Morgan fingerprint density at radius 2 is 1.87 bits per heavy atom. The van der Waals surface area contributed by atoms with Crippen molar-refractivity contribution >= 4 is 23.7 Å². The maximum Gasteiger partial charge on any atom is 0.322 e. The predicted molar refractivity (Wildman–Crippen MR) is 114 cm³/mol. The summed E-state index contributed by atoms with van der Waals surface area (Å²) in [5.41, 5.74) is 7.00. The van der Waals surface area contributed by atoms with Crippen LogP contribution in [0.25, 0.3) is 0 Å². The van der Waals surface area contributed by atoms with Gasteiger partial charge in [0.15, 0.2) is 0 Å². The number of carbonyl (C=O) groups excluding carboxylic acids is 3. The summed E-state index contributed by atoms with van der Waals surface area (Å²) in [5, 5.41) is 13.2. The molecule has 3 amide bonds. The molecule has 2 rings (SSSR count). The molecule has 10 nitrogen and oxygen atoms in total. The zero-order valence-corrected chi connectivity index (χ0v) is 18.9. The van der Waals surface area contributed by atoms with Crippen LogP contribution in [0, 0.1) is 11.8 Å². The summed E-state index contributed by atoms with van der Waals surface area (Å²) in [6.45, 7) is 7.05. The van der Waals surface area contributed by atoms with Crippen LogP contribution in [0.15, 0.2) is 0 Å². The summed E-state index contributed by atoms with van der Waals surface area (Å²) in [6.07, 6.45) is 4.63. The molecule has 0 unspecified atom stereocenters. The molecule has 2 heterocycles. The van der Waals surface area contributed by atoms with Crippen molar-refractivity contribution in [3.05, 3.63) is 0 Å². The van der Waals surface area contributed by atoms with E-state index in [1.165, 1.54) is 20.8 Å². The van der Waals surface area contributed by atoms with Crippen molar-refractivity contribution in [3.63, 3.8) is 0 Å². The number of carboxylic acids is 1. The predicted octanol–water partition coefficient (Wildman–Crippen LogP) is 0.0750. The summed E-state index contributed by atoms with van der Waals surface area (Å²) in [7, 11) is 0. The van der Waals surface area contributed by atoms with Crippen molar-refractivity contribution in [2.45, 2.75) is 70.9 Å². The van der Waals surface area contributed by atoms with Crippen LogP contribution < -0.4 is 16.5 Å². The minimum atomic E-state index is -1.36. The Bertz CT molecular complexity index is 672. The van der Waals surface area contributed by atoms with Gasteiger partial charge in [0.1, 0.15) is 6.04 Å². The van der Waals surface area contributed by atoms with E-state index in [9.17, 15) is 24.3 Å². The Morgan fingerprint density at radius 1 is 1.23 bits per heavy atom.